The number of aliphatic hydroxyl groups is 1. The van der Waals surface area contributed by atoms with Gasteiger partial charge in [-0.2, -0.15) is 0 Å². The lowest BCUT2D eigenvalue weighted by atomic mass is 10.1. The smallest absolute Gasteiger partial charge is 0.0446 e. The maximum absolute atomic E-state index is 8.99. The monoisotopic (exact) mass is 253 g/mol. The van der Waals surface area contributed by atoms with Crippen LogP contribution in [-0.4, -0.2) is 30.1 Å². The van der Waals surface area contributed by atoms with Gasteiger partial charge < -0.3 is 10.4 Å². The zero-order valence-corrected chi connectivity index (χ0v) is 11.8. The van der Waals surface area contributed by atoms with Crippen LogP contribution >= 0.6 is 11.8 Å². The van der Waals surface area contributed by atoms with Crippen molar-refractivity contribution >= 4 is 11.8 Å². The molecule has 0 spiro atoms. The first kappa shape index (κ1) is 14.6. The van der Waals surface area contributed by atoms with Gasteiger partial charge in [-0.1, -0.05) is 13.0 Å². The van der Waals surface area contributed by atoms with E-state index in [2.05, 4.69) is 44.3 Å². The fourth-order valence-electron chi connectivity index (χ4n) is 1.69. The first-order chi connectivity index (χ1) is 8.17. The quantitative estimate of drug-likeness (QED) is 0.733. The van der Waals surface area contributed by atoms with E-state index in [0.717, 1.165) is 18.7 Å². The van der Waals surface area contributed by atoms with E-state index < -0.39 is 0 Å². The minimum absolute atomic E-state index is 0.255. The van der Waals surface area contributed by atoms with E-state index in [-0.39, 0.29) is 6.61 Å². The summed E-state index contributed by atoms with van der Waals surface area (Å²) in [5.74, 6) is 1.01. The molecule has 3 heteroatoms. The van der Waals surface area contributed by atoms with E-state index in [1.807, 2.05) is 11.8 Å². The maximum atomic E-state index is 8.99. The molecule has 0 radical (unpaired) electrons. The van der Waals surface area contributed by atoms with E-state index in [1.165, 1.54) is 16.0 Å². The van der Waals surface area contributed by atoms with Crippen molar-refractivity contribution in [1.82, 2.24) is 5.32 Å². The van der Waals surface area contributed by atoms with Crippen LogP contribution < -0.4 is 5.32 Å². The molecule has 1 unspecified atom stereocenters. The number of benzene rings is 1. The molecule has 2 N–H and O–H groups in total. The van der Waals surface area contributed by atoms with Gasteiger partial charge in [-0.25, -0.2) is 0 Å². The van der Waals surface area contributed by atoms with Crippen LogP contribution in [0.1, 0.15) is 24.5 Å². The second-order valence-corrected chi connectivity index (χ2v) is 5.42. The highest BCUT2D eigenvalue weighted by Gasteiger charge is 2.07. The van der Waals surface area contributed by atoms with Crippen LogP contribution in [0, 0.1) is 13.8 Å². The summed E-state index contributed by atoms with van der Waals surface area (Å²) in [6.45, 7) is 7.60. The highest BCUT2D eigenvalue weighted by molar-refractivity contribution is 7.99. The van der Waals surface area contributed by atoms with Gasteiger partial charge in [0.05, 0.1) is 0 Å². The molecule has 0 fully saturated rings. The Kier molecular flexibility index (Phi) is 6.63. The third kappa shape index (κ3) is 5.11. The number of thioether (sulfide) groups is 1. The predicted molar refractivity (Wildman–Crippen MR) is 75.8 cm³/mol. The van der Waals surface area contributed by atoms with Crippen molar-refractivity contribution in [2.75, 3.05) is 18.9 Å². The van der Waals surface area contributed by atoms with Crippen LogP contribution in [0.25, 0.3) is 0 Å². The molecule has 0 amide bonds. The molecule has 0 bridgehead atoms. The number of hydrogen-bond donors (Lipinski definition) is 2. The van der Waals surface area contributed by atoms with E-state index in [9.17, 15) is 0 Å². The van der Waals surface area contributed by atoms with Gasteiger partial charge in [-0.3, -0.25) is 0 Å². The molecular formula is C14H23NOS. The van der Waals surface area contributed by atoms with Gasteiger partial charge in [0.1, 0.15) is 0 Å². The molecule has 1 atom stereocenters. The summed E-state index contributed by atoms with van der Waals surface area (Å²) in [6.07, 6.45) is 0.825. The summed E-state index contributed by atoms with van der Waals surface area (Å²) in [7, 11) is 0. The standard InChI is InChI=1S/C14H23NOS/c1-4-15-13(7-8-16)10-17-14-6-5-11(2)12(3)9-14/h5-6,9,13,15-16H,4,7-8,10H2,1-3H3. The summed E-state index contributed by atoms with van der Waals surface area (Å²) < 4.78 is 0. The van der Waals surface area contributed by atoms with E-state index in [4.69, 9.17) is 5.11 Å². The molecule has 17 heavy (non-hydrogen) atoms. The van der Waals surface area contributed by atoms with Gasteiger partial charge in [0.15, 0.2) is 0 Å². The molecule has 0 saturated heterocycles. The lowest BCUT2D eigenvalue weighted by Gasteiger charge is -2.16. The number of nitrogens with one attached hydrogen (secondary N) is 1. The topological polar surface area (TPSA) is 32.3 Å². The maximum Gasteiger partial charge on any atom is 0.0446 e. The summed E-state index contributed by atoms with van der Waals surface area (Å²) in [5, 5.41) is 12.4. The largest absolute Gasteiger partial charge is 0.396 e. The second-order valence-electron chi connectivity index (χ2n) is 4.32. The number of hydrogen-bond acceptors (Lipinski definition) is 3. The summed E-state index contributed by atoms with van der Waals surface area (Å²) in [6, 6.07) is 6.99. The Hall–Kier alpha value is -0.510. The Bertz CT molecular complexity index is 335. The van der Waals surface area contributed by atoms with Gasteiger partial charge >= 0.3 is 0 Å². The van der Waals surface area contributed by atoms with Crippen LogP contribution in [0.4, 0.5) is 0 Å². The Labute approximate surface area is 109 Å². The Morgan fingerprint density at radius 2 is 2.06 bits per heavy atom. The van der Waals surface area contributed by atoms with E-state index >= 15 is 0 Å². The fraction of sp³-hybridized carbons (Fsp3) is 0.571. The normalized spacial score (nSPS) is 12.7. The van der Waals surface area contributed by atoms with Crippen molar-refractivity contribution in [3.8, 4) is 0 Å². The molecule has 0 aromatic heterocycles. The molecule has 0 aliphatic carbocycles. The lowest BCUT2D eigenvalue weighted by Crippen LogP contribution is -2.31. The highest BCUT2D eigenvalue weighted by Crippen LogP contribution is 2.22. The van der Waals surface area contributed by atoms with Gasteiger partial charge in [0, 0.05) is 23.3 Å². The summed E-state index contributed by atoms with van der Waals surface area (Å²) in [5.41, 5.74) is 2.69. The zero-order chi connectivity index (χ0) is 12.7. The SMILES string of the molecule is CCNC(CCO)CSc1ccc(C)c(C)c1. The van der Waals surface area contributed by atoms with Crippen molar-refractivity contribution in [2.45, 2.75) is 38.1 Å². The van der Waals surface area contributed by atoms with Gasteiger partial charge in [0.2, 0.25) is 0 Å². The molecule has 1 aromatic rings. The Morgan fingerprint density at radius 1 is 1.29 bits per heavy atom. The van der Waals surface area contributed by atoms with Crippen molar-refractivity contribution in [2.24, 2.45) is 0 Å². The van der Waals surface area contributed by atoms with Crippen molar-refractivity contribution in [3.63, 3.8) is 0 Å². The minimum Gasteiger partial charge on any atom is -0.396 e. The fourth-order valence-corrected chi connectivity index (χ4v) is 2.79. The van der Waals surface area contributed by atoms with Crippen LogP contribution in [0.3, 0.4) is 0 Å². The predicted octanol–water partition coefficient (Wildman–Crippen LogP) is 2.76. The van der Waals surface area contributed by atoms with Crippen molar-refractivity contribution in [1.29, 1.82) is 0 Å². The molecule has 0 aliphatic rings. The van der Waals surface area contributed by atoms with Crippen molar-refractivity contribution in [3.05, 3.63) is 29.3 Å². The third-order valence-corrected chi connectivity index (χ3v) is 4.06. The zero-order valence-electron chi connectivity index (χ0n) is 11.0. The first-order valence-corrected chi connectivity index (χ1v) is 7.20. The van der Waals surface area contributed by atoms with E-state index in [1.54, 1.807) is 0 Å². The molecular weight excluding hydrogens is 230 g/mol. The molecule has 2 nitrogen and oxygen atoms in total. The Balaban J connectivity index is 2.49. The molecule has 0 saturated carbocycles. The van der Waals surface area contributed by atoms with Crippen LogP contribution in [0.5, 0.6) is 0 Å². The first-order valence-electron chi connectivity index (χ1n) is 6.21. The lowest BCUT2D eigenvalue weighted by molar-refractivity contribution is 0.271. The van der Waals surface area contributed by atoms with Crippen LogP contribution in [-0.2, 0) is 0 Å². The average Bonchev–Trinajstić information content (AvgIpc) is 2.31. The Morgan fingerprint density at radius 3 is 2.65 bits per heavy atom. The van der Waals surface area contributed by atoms with E-state index in [0.29, 0.717) is 6.04 Å². The third-order valence-electron chi connectivity index (χ3n) is 2.90. The average molecular weight is 253 g/mol. The number of aryl methyl sites for hydroxylation is 2. The summed E-state index contributed by atoms with van der Waals surface area (Å²) >= 11 is 1.86. The molecule has 0 heterocycles. The molecule has 96 valence electrons. The van der Waals surface area contributed by atoms with Crippen LogP contribution in [0.2, 0.25) is 0 Å². The van der Waals surface area contributed by atoms with Crippen LogP contribution in [0.15, 0.2) is 23.1 Å². The van der Waals surface area contributed by atoms with Gasteiger partial charge in [0.25, 0.3) is 0 Å². The van der Waals surface area contributed by atoms with Crippen molar-refractivity contribution < 1.29 is 5.11 Å². The summed E-state index contributed by atoms with van der Waals surface area (Å²) in [4.78, 5) is 1.31. The number of aliphatic hydroxyl groups excluding tert-OH is 1. The molecule has 1 aromatic carbocycles. The second kappa shape index (κ2) is 7.75. The highest BCUT2D eigenvalue weighted by atomic mass is 32.2. The van der Waals surface area contributed by atoms with Gasteiger partial charge in [-0.05, 0) is 50.1 Å². The molecule has 1 rings (SSSR count). The number of rotatable bonds is 7. The van der Waals surface area contributed by atoms with Gasteiger partial charge in [-0.15, -0.1) is 11.8 Å². The minimum atomic E-state index is 0.255. The molecule has 0 aliphatic heterocycles.